The molecule has 0 aliphatic heterocycles. The highest BCUT2D eigenvalue weighted by Crippen LogP contribution is 2.59. The molecule has 2 bridgehead atoms. The lowest BCUT2D eigenvalue weighted by Gasteiger charge is -2.36. The van der Waals surface area contributed by atoms with Crippen molar-refractivity contribution >= 4 is 40.0 Å². The summed E-state index contributed by atoms with van der Waals surface area (Å²) in [5, 5.41) is 1.81. The van der Waals surface area contributed by atoms with Gasteiger partial charge in [0, 0.05) is 54.9 Å². The minimum absolute atomic E-state index is 0.106. The summed E-state index contributed by atoms with van der Waals surface area (Å²) in [6.45, 7) is 0. The number of para-hydroxylation sites is 1. The fraction of sp³-hybridized carbons (Fsp3) is 0.312. The van der Waals surface area contributed by atoms with E-state index in [1.807, 2.05) is 61.4 Å². The first-order chi connectivity index (χ1) is 20.4. The van der Waals surface area contributed by atoms with Crippen LogP contribution in [0.5, 0.6) is 0 Å². The van der Waals surface area contributed by atoms with Crippen LogP contribution < -0.4 is 0 Å². The minimum atomic E-state index is -0.336. The van der Waals surface area contributed by atoms with Crippen LogP contribution >= 0.6 is 0 Å². The first-order valence-corrected chi connectivity index (χ1v) is 14.0. The fourth-order valence-electron chi connectivity index (χ4n) is 7.04. The topological polar surface area (TPSA) is 106 Å². The van der Waals surface area contributed by atoms with E-state index in [-0.39, 0.29) is 22.9 Å². The number of rotatable bonds is 6. The number of benzene rings is 1. The number of terminal acetylenes is 1. The van der Waals surface area contributed by atoms with Gasteiger partial charge in [0.05, 0.1) is 23.4 Å². The van der Waals surface area contributed by atoms with Crippen molar-refractivity contribution in [2.45, 2.75) is 43.2 Å². The molecular weight excluding hydrogens is 528 g/mol. The van der Waals surface area contributed by atoms with Gasteiger partial charge < -0.3 is 18.8 Å². The van der Waals surface area contributed by atoms with Gasteiger partial charge in [-0.15, -0.1) is 6.42 Å². The van der Waals surface area contributed by atoms with Crippen LogP contribution in [-0.4, -0.2) is 73.2 Å². The molecule has 5 aromatic rings. The smallest absolute Gasteiger partial charge is 0.309 e. The third-order valence-electron chi connectivity index (χ3n) is 9.03. The first kappa shape index (κ1) is 25.9. The van der Waals surface area contributed by atoms with Crippen molar-refractivity contribution in [2.24, 2.45) is 4.99 Å². The van der Waals surface area contributed by atoms with Crippen LogP contribution in [0.25, 0.3) is 33.1 Å². The Bertz CT molecular complexity index is 1910. The lowest BCUT2D eigenvalue weighted by atomic mass is 9.90. The zero-order valence-corrected chi connectivity index (χ0v) is 23.8. The Kier molecular flexibility index (Phi) is 5.87. The van der Waals surface area contributed by atoms with Crippen molar-refractivity contribution in [1.82, 2.24) is 34.3 Å². The maximum Gasteiger partial charge on any atom is 0.309 e. The highest BCUT2D eigenvalue weighted by Gasteiger charge is 2.59. The summed E-state index contributed by atoms with van der Waals surface area (Å²) >= 11 is 0. The van der Waals surface area contributed by atoms with Crippen molar-refractivity contribution in [2.75, 3.05) is 21.1 Å². The van der Waals surface area contributed by atoms with Crippen LogP contribution in [0.2, 0.25) is 0 Å². The van der Waals surface area contributed by atoms with E-state index >= 15 is 0 Å². The molecule has 4 heterocycles. The molecule has 2 saturated carbocycles. The second kappa shape index (κ2) is 9.52. The maximum absolute atomic E-state index is 13.3. The molecule has 0 spiro atoms. The molecule has 10 heteroatoms. The molecule has 0 radical (unpaired) electrons. The molecule has 0 unspecified atom stereocenters. The van der Waals surface area contributed by atoms with Gasteiger partial charge in [0.1, 0.15) is 23.9 Å². The van der Waals surface area contributed by atoms with Crippen LogP contribution in [-0.2, 0) is 5.54 Å². The van der Waals surface area contributed by atoms with Gasteiger partial charge in [-0.25, -0.2) is 19.9 Å². The van der Waals surface area contributed by atoms with Gasteiger partial charge in [-0.3, -0.25) is 9.78 Å². The zero-order chi connectivity index (χ0) is 29.1. The van der Waals surface area contributed by atoms with Gasteiger partial charge in [0.2, 0.25) is 0 Å². The first-order valence-electron chi connectivity index (χ1n) is 14.0. The molecule has 1 amide bonds. The number of hydrogen-bond acceptors (Lipinski definition) is 7. The van der Waals surface area contributed by atoms with E-state index in [4.69, 9.17) is 25.8 Å². The van der Waals surface area contributed by atoms with Crippen LogP contribution in [0, 0.1) is 12.3 Å². The number of amides is 1. The van der Waals surface area contributed by atoms with Crippen molar-refractivity contribution in [3.05, 3.63) is 66.9 Å². The molecule has 2 aliphatic carbocycles. The van der Waals surface area contributed by atoms with Crippen LogP contribution in [0.1, 0.15) is 48.5 Å². The van der Waals surface area contributed by atoms with E-state index in [9.17, 15) is 4.79 Å². The lowest BCUT2D eigenvalue weighted by Crippen LogP contribution is -2.46. The number of oxazole rings is 1. The Morgan fingerprint density at radius 3 is 2.67 bits per heavy atom. The third-order valence-corrected chi connectivity index (χ3v) is 9.03. The Morgan fingerprint density at radius 1 is 1.12 bits per heavy atom. The molecule has 4 aromatic heterocycles. The van der Waals surface area contributed by atoms with E-state index in [1.54, 1.807) is 12.7 Å². The molecular formula is C32H30N8O2. The quantitative estimate of drug-likeness (QED) is 0.164. The Morgan fingerprint density at radius 2 is 1.93 bits per heavy atom. The summed E-state index contributed by atoms with van der Waals surface area (Å²) in [7, 11) is 5.69. The van der Waals surface area contributed by atoms with Crippen LogP contribution in [0.4, 0.5) is 5.82 Å². The average molecular weight is 559 g/mol. The van der Waals surface area contributed by atoms with Crippen molar-refractivity contribution in [1.29, 1.82) is 0 Å². The molecule has 0 atom stereocenters. The van der Waals surface area contributed by atoms with Gasteiger partial charge in [-0.1, -0.05) is 24.1 Å². The summed E-state index contributed by atoms with van der Waals surface area (Å²) in [4.78, 5) is 40.0. The van der Waals surface area contributed by atoms with Gasteiger partial charge in [-0.05, 0) is 44.2 Å². The highest BCUT2D eigenvalue weighted by atomic mass is 16.4. The van der Waals surface area contributed by atoms with Gasteiger partial charge in [-0.2, -0.15) is 0 Å². The summed E-state index contributed by atoms with van der Waals surface area (Å²) in [5.41, 5.74) is 3.44. The fourth-order valence-corrected chi connectivity index (χ4v) is 7.04. The Labute approximate surface area is 243 Å². The minimum Gasteiger partial charge on any atom is -0.441 e. The average Bonchev–Trinajstić information content (AvgIpc) is 3.81. The van der Waals surface area contributed by atoms with Crippen LogP contribution in [0.15, 0.2) is 64.7 Å². The molecule has 2 aliphatic rings. The van der Waals surface area contributed by atoms with Crippen LogP contribution in [0.3, 0.4) is 0 Å². The zero-order valence-electron chi connectivity index (χ0n) is 23.8. The van der Waals surface area contributed by atoms with Crippen molar-refractivity contribution < 1.29 is 9.21 Å². The van der Waals surface area contributed by atoms with E-state index in [2.05, 4.69) is 26.5 Å². The van der Waals surface area contributed by atoms with Gasteiger partial charge in [0.15, 0.2) is 5.82 Å². The molecule has 10 nitrogen and oxygen atoms in total. The molecule has 7 rings (SSSR count). The maximum atomic E-state index is 13.3. The SMILES string of the molecule is C#Cc1c(-c2cnc3ccccc3c2)c2c(N=CN(C)C)ncnc2n1C12CCC(N(C)C(=O)c3ncco3)(CC1)C2. The van der Waals surface area contributed by atoms with E-state index in [0.717, 1.165) is 70.9 Å². The standard InChI is InChI=1S/C32H30N8O2/c1-5-24-25(22-16-21-8-6-7-9-23(21)34-17-22)26-27(37-20-38(2)3)35-19-36-28(26)40(24)32-12-10-31(18-32,11-13-32)39(4)30(41)29-33-14-15-42-29/h1,6-9,14-17,19-20H,10-13,18H2,2-4H3. The number of fused-ring (bicyclic) bond motifs is 4. The van der Waals surface area contributed by atoms with E-state index in [1.165, 1.54) is 12.5 Å². The molecule has 0 N–H and O–H groups in total. The molecule has 210 valence electrons. The molecule has 42 heavy (non-hydrogen) atoms. The normalized spacial score (nSPS) is 21.4. The monoisotopic (exact) mass is 558 g/mol. The summed E-state index contributed by atoms with van der Waals surface area (Å²) in [6, 6.07) is 10.1. The predicted molar refractivity (Wildman–Crippen MR) is 160 cm³/mol. The number of hydrogen-bond donors (Lipinski definition) is 0. The third kappa shape index (κ3) is 3.80. The second-order valence-electron chi connectivity index (χ2n) is 11.6. The summed E-state index contributed by atoms with van der Waals surface area (Å²) in [5.74, 6) is 3.47. The largest absolute Gasteiger partial charge is 0.441 e. The summed E-state index contributed by atoms with van der Waals surface area (Å²) < 4.78 is 7.58. The number of pyridine rings is 1. The van der Waals surface area contributed by atoms with Gasteiger partial charge in [0.25, 0.3) is 5.89 Å². The highest BCUT2D eigenvalue weighted by molar-refractivity contribution is 6.05. The van der Waals surface area contributed by atoms with Gasteiger partial charge >= 0.3 is 5.91 Å². The predicted octanol–water partition coefficient (Wildman–Crippen LogP) is 5.02. The van der Waals surface area contributed by atoms with Crippen molar-refractivity contribution in [3.63, 3.8) is 0 Å². The van der Waals surface area contributed by atoms with E-state index < -0.39 is 0 Å². The number of carbonyl (C=O) groups excluding carboxylic acids is 1. The Balaban J connectivity index is 1.43. The summed E-state index contributed by atoms with van der Waals surface area (Å²) in [6.07, 6.45) is 18.6. The number of aromatic nitrogens is 5. The number of nitrogens with zero attached hydrogens (tertiary/aromatic N) is 8. The number of carbonyl (C=O) groups is 1. The second-order valence-corrected chi connectivity index (χ2v) is 11.6. The molecule has 1 aromatic carbocycles. The lowest BCUT2D eigenvalue weighted by molar-refractivity contribution is 0.0535. The van der Waals surface area contributed by atoms with Crippen molar-refractivity contribution in [3.8, 4) is 23.5 Å². The number of aliphatic imine (C=N–C) groups is 1. The molecule has 0 saturated heterocycles. The van der Waals surface area contributed by atoms with E-state index in [0.29, 0.717) is 5.82 Å². The Hall–Kier alpha value is -5.04. The molecule has 2 fully saturated rings.